The highest BCUT2D eigenvalue weighted by Crippen LogP contribution is 2.42. The first kappa shape index (κ1) is 17.6. The number of ether oxygens (including phenoxy) is 2. The molecule has 0 spiro atoms. The Bertz CT molecular complexity index is 491. The number of rotatable bonds is 4. The van der Waals surface area contributed by atoms with E-state index in [-0.39, 0.29) is 0 Å². The lowest BCUT2D eigenvalue weighted by atomic mass is 10.1. The molecule has 0 aliphatic rings. The van der Waals surface area contributed by atoms with Gasteiger partial charge in [0.2, 0.25) is 0 Å². The van der Waals surface area contributed by atoms with Crippen molar-refractivity contribution in [2.24, 2.45) is 0 Å². The zero-order chi connectivity index (χ0) is 16.4. The summed E-state index contributed by atoms with van der Waals surface area (Å²) < 4.78 is 80.9. The standard InChI is InChI=1S/C11H7BrF6O3/c1-5(19)9(12)8-6(20-10(13,14)15)3-2-4-7(8)21-11(16,17)18/h2-4,9H,1H3. The molecule has 0 radical (unpaired) electrons. The van der Waals surface area contributed by atoms with Gasteiger partial charge in [0.25, 0.3) is 0 Å². The second kappa shape index (κ2) is 6.12. The molecule has 1 unspecified atom stereocenters. The Morgan fingerprint density at radius 1 is 1.05 bits per heavy atom. The highest BCUT2D eigenvalue weighted by molar-refractivity contribution is 9.09. The van der Waals surface area contributed by atoms with E-state index in [0.717, 1.165) is 25.1 Å². The first-order chi connectivity index (χ1) is 9.41. The lowest BCUT2D eigenvalue weighted by Gasteiger charge is -2.19. The molecule has 3 nitrogen and oxygen atoms in total. The maximum atomic E-state index is 12.3. The molecule has 1 atom stereocenters. The van der Waals surface area contributed by atoms with E-state index in [2.05, 4.69) is 25.4 Å². The van der Waals surface area contributed by atoms with Crippen LogP contribution in [0.3, 0.4) is 0 Å². The Morgan fingerprint density at radius 3 is 1.71 bits per heavy atom. The van der Waals surface area contributed by atoms with Crippen LogP contribution in [0.25, 0.3) is 0 Å². The Balaban J connectivity index is 3.37. The molecule has 0 fully saturated rings. The third-order valence-corrected chi connectivity index (χ3v) is 3.19. The summed E-state index contributed by atoms with van der Waals surface area (Å²) in [6.45, 7) is 0.987. The maximum Gasteiger partial charge on any atom is 0.573 e. The molecule has 0 aliphatic carbocycles. The molecule has 0 aliphatic heterocycles. The van der Waals surface area contributed by atoms with Crippen LogP contribution in [-0.2, 0) is 4.79 Å². The average Bonchev–Trinajstić information content (AvgIpc) is 2.23. The van der Waals surface area contributed by atoms with Gasteiger partial charge in [-0.15, -0.1) is 26.3 Å². The number of halogens is 7. The van der Waals surface area contributed by atoms with Crippen LogP contribution >= 0.6 is 15.9 Å². The summed E-state index contributed by atoms with van der Waals surface area (Å²) in [4.78, 5) is 9.81. The smallest absolute Gasteiger partial charge is 0.405 e. The van der Waals surface area contributed by atoms with Crippen molar-refractivity contribution in [1.29, 1.82) is 0 Å². The molecule has 1 aromatic carbocycles. The lowest BCUT2D eigenvalue weighted by molar-refractivity contribution is -0.277. The van der Waals surface area contributed by atoms with Gasteiger partial charge in [0.1, 0.15) is 22.1 Å². The van der Waals surface area contributed by atoms with E-state index >= 15 is 0 Å². The number of carbonyl (C=O) groups excluding carboxylic acids is 1. The van der Waals surface area contributed by atoms with Gasteiger partial charge >= 0.3 is 12.7 Å². The third-order valence-electron chi connectivity index (χ3n) is 2.09. The van der Waals surface area contributed by atoms with E-state index in [4.69, 9.17) is 0 Å². The van der Waals surface area contributed by atoms with Crippen LogP contribution < -0.4 is 9.47 Å². The first-order valence-corrected chi connectivity index (χ1v) is 6.11. The van der Waals surface area contributed by atoms with E-state index in [1.165, 1.54) is 0 Å². The molecule has 0 aromatic heterocycles. The lowest BCUT2D eigenvalue weighted by Crippen LogP contribution is -2.22. The van der Waals surface area contributed by atoms with Crippen LogP contribution in [0.1, 0.15) is 17.3 Å². The molecule has 1 aromatic rings. The minimum atomic E-state index is -5.13. The largest absolute Gasteiger partial charge is 0.573 e. The van der Waals surface area contributed by atoms with Gasteiger partial charge in [-0.3, -0.25) is 4.79 Å². The zero-order valence-electron chi connectivity index (χ0n) is 10.2. The number of hydrogen-bond donors (Lipinski definition) is 0. The normalized spacial score (nSPS) is 13.7. The van der Waals surface area contributed by atoms with Crippen molar-refractivity contribution in [3.8, 4) is 11.5 Å². The molecule has 0 heterocycles. The Labute approximate surface area is 123 Å². The van der Waals surface area contributed by atoms with Gasteiger partial charge in [-0.05, 0) is 19.1 Å². The molecular weight excluding hydrogens is 374 g/mol. The van der Waals surface area contributed by atoms with Crippen LogP contribution in [-0.4, -0.2) is 18.5 Å². The maximum absolute atomic E-state index is 12.3. The predicted octanol–water partition coefficient (Wildman–Crippen LogP) is 4.51. The molecule has 0 saturated heterocycles. The SMILES string of the molecule is CC(=O)C(Br)c1c(OC(F)(F)F)cccc1OC(F)(F)F. The van der Waals surface area contributed by atoms with E-state index in [1.807, 2.05) is 0 Å². The van der Waals surface area contributed by atoms with Crippen LogP contribution in [0, 0.1) is 0 Å². The fraction of sp³-hybridized carbons (Fsp3) is 0.364. The van der Waals surface area contributed by atoms with Crippen molar-refractivity contribution < 1.29 is 40.6 Å². The van der Waals surface area contributed by atoms with E-state index in [1.54, 1.807) is 0 Å². The molecule has 10 heteroatoms. The molecule has 0 N–H and O–H groups in total. The monoisotopic (exact) mass is 380 g/mol. The Morgan fingerprint density at radius 2 is 1.43 bits per heavy atom. The van der Waals surface area contributed by atoms with Gasteiger partial charge in [0.05, 0.1) is 5.56 Å². The third kappa shape index (κ3) is 5.44. The van der Waals surface area contributed by atoms with Gasteiger partial charge in [0.15, 0.2) is 0 Å². The average molecular weight is 381 g/mol. The van der Waals surface area contributed by atoms with Crippen molar-refractivity contribution in [1.82, 2.24) is 0 Å². The minimum absolute atomic E-state index is 0.695. The first-order valence-electron chi connectivity index (χ1n) is 5.19. The topological polar surface area (TPSA) is 35.5 Å². The van der Waals surface area contributed by atoms with Crippen molar-refractivity contribution in [2.75, 3.05) is 0 Å². The van der Waals surface area contributed by atoms with Crippen molar-refractivity contribution in [2.45, 2.75) is 24.5 Å². The molecule has 118 valence electrons. The van der Waals surface area contributed by atoms with Gasteiger partial charge in [-0.1, -0.05) is 22.0 Å². The van der Waals surface area contributed by atoms with Crippen LogP contribution in [0.15, 0.2) is 18.2 Å². The van der Waals surface area contributed by atoms with Crippen molar-refractivity contribution >= 4 is 21.7 Å². The van der Waals surface area contributed by atoms with Crippen molar-refractivity contribution in [3.63, 3.8) is 0 Å². The molecule has 21 heavy (non-hydrogen) atoms. The number of carbonyl (C=O) groups is 1. The fourth-order valence-corrected chi connectivity index (χ4v) is 1.86. The number of Topliss-reactive ketones (excluding diaryl/α,β-unsaturated/α-hetero) is 1. The number of ketones is 1. The molecular formula is C11H7BrF6O3. The molecule has 0 amide bonds. The number of alkyl halides is 7. The predicted molar refractivity (Wildman–Crippen MR) is 62.2 cm³/mol. The van der Waals surface area contributed by atoms with Crippen LogP contribution in [0.4, 0.5) is 26.3 Å². The minimum Gasteiger partial charge on any atom is -0.405 e. The van der Waals surface area contributed by atoms with Gasteiger partial charge < -0.3 is 9.47 Å². The second-order valence-electron chi connectivity index (χ2n) is 3.74. The Kier molecular flexibility index (Phi) is 5.13. The number of benzene rings is 1. The second-order valence-corrected chi connectivity index (χ2v) is 4.65. The van der Waals surface area contributed by atoms with Gasteiger partial charge in [-0.2, -0.15) is 0 Å². The summed E-state index contributed by atoms with van der Waals surface area (Å²) in [6, 6.07) is 2.44. The van der Waals surface area contributed by atoms with Gasteiger partial charge in [-0.25, -0.2) is 0 Å². The molecule has 1 rings (SSSR count). The summed E-state index contributed by atoms with van der Waals surface area (Å²) in [5.41, 5.74) is -0.695. The quantitative estimate of drug-likeness (QED) is 0.569. The van der Waals surface area contributed by atoms with E-state index in [0.29, 0.717) is 0 Å². The number of hydrogen-bond acceptors (Lipinski definition) is 3. The summed E-state index contributed by atoms with van der Waals surface area (Å²) in [5, 5.41) is 0. The summed E-state index contributed by atoms with van der Waals surface area (Å²) >= 11 is 2.72. The van der Waals surface area contributed by atoms with Crippen LogP contribution in [0.2, 0.25) is 0 Å². The highest BCUT2D eigenvalue weighted by atomic mass is 79.9. The Hall–Kier alpha value is -1.45. The molecule has 0 saturated carbocycles. The highest BCUT2D eigenvalue weighted by Gasteiger charge is 2.37. The summed E-state index contributed by atoms with van der Waals surface area (Å²) in [6.07, 6.45) is -10.3. The zero-order valence-corrected chi connectivity index (χ0v) is 11.8. The van der Waals surface area contributed by atoms with E-state index in [9.17, 15) is 31.1 Å². The molecule has 0 bridgehead atoms. The van der Waals surface area contributed by atoms with Crippen molar-refractivity contribution in [3.05, 3.63) is 23.8 Å². The van der Waals surface area contributed by atoms with Gasteiger partial charge in [0, 0.05) is 0 Å². The summed E-state index contributed by atoms with van der Waals surface area (Å²) in [7, 11) is 0. The fourth-order valence-electron chi connectivity index (χ4n) is 1.40. The summed E-state index contributed by atoms with van der Waals surface area (Å²) in [5.74, 6) is -2.64. The van der Waals surface area contributed by atoms with E-state index < -0.39 is 40.4 Å². The van der Waals surface area contributed by atoms with Crippen LogP contribution in [0.5, 0.6) is 11.5 Å².